The van der Waals surface area contributed by atoms with E-state index in [1.54, 1.807) is 17.0 Å². The van der Waals surface area contributed by atoms with Crippen molar-refractivity contribution in [2.24, 2.45) is 4.99 Å². The number of aliphatic imine (C=N–C) groups is 1. The summed E-state index contributed by atoms with van der Waals surface area (Å²) in [4.78, 5) is 18.6. The number of hydrogen-bond acceptors (Lipinski definition) is 3. The van der Waals surface area contributed by atoms with E-state index < -0.39 is 5.60 Å². The smallest absolute Gasteiger partial charge is 0.259 e. The largest absolute Gasteiger partial charge is 0.373 e. The lowest BCUT2D eigenvalue weighted by Crippen LogP contribution is -2.53. The predicted molar refractivity (Wildman–Crippen MR) is 79.2 cm³/mol. The first-order valence-corrected chi connectivity index (χ1v) is 6.97. The monoisotopic (exact) mass is 278 g/mol. The molecule has 0 saturated carbocycles. The van der Waals surface area contributed by atoms with Gasteiger partial charge in [-0.2, -0.15) is 0 Å². The van der Waals surface area contributed by atoms with Gasteiger partial charge in [0, 0.05) is 17.7 Å². The van der Waals surface area contributed by atoms with E-state index >= 15 is 0 Å². The summed E-state index contributed by atoms with van der Waals surface area (Å²) in [7, 11) is 0. The van der Waals surface area contributed by atoms with Gasteiger partial charge in [0.2, 0.25) is 0 Å². The number of carbonyl (C=O) groups is 1. The quantitative estimate of drug-likeness (QED) is 0.864. The minimum Gasteiger partial charge on any atom is -0.373 e. The van der Waals surface area contributed by atoms with Crippen molar-refractivity contribution in [3.05, 3.63) is 71.3 Å². The van der Waals surface area contributed by atoms with Gasteiger partial charge in [-0.25, -0.2) is 0 Å². The van der Waals surface area contributed by atoms with E-state index in [4.69, 9.17) is 0 Å². The SMILES string of the molecule is O=C1c2ccccc2C(O)(c2ccccc2)C2=NCCN12. The van der Waals surface area contributed by atoms with Crippen LogP contribution in [0.2, 0.25) is 0 Å². The van der Waals surface area contributed by atoms with Crippen molar-refractivity contribution in [2.45, 2.75) is 5.60 Å². The Morgan fingerprint density at radius 1 is 1.05 bits per heavy atom. The van der Waals surface area contributed by atoms with Gasteiger partial charge in [0.05, 0.1) is 6.54 Å². The summed E-state index contributed by atoms with van der Waals surface area (Å²) in [6, 6.07) is 16.6. The summed E-state index contributed by atoms with van der Waals surface area (Å²) in [5.41, 5.74) is 0.529. The van der Waals surface area contributed by atoms with Gasteiger partial charge in [-0.3, -0.25) is 14.7 Å². The highest BCUT2D eigenvalue weighted by atomic mass is 16.3. The van der Waals surface area contributed by atoms with Crippen LogP contribution >= 0.6 is 0 Å². The molecule has 1 amide bonds. The topological polar surface area (TPSA) is 52.9 Å². The zero-order valence-corrected chi connectivity index (χ0v) is 11.4. The average Bonchev–Trinajstić information content (AvgIpc) is 3.04. The molecular formula is C17H14N2O2. The molecule has 0 fully saturated rings. The second-order valence-corrected chi connectivity index (χ2v) is 5.28. The molecule has 2 aliphatic rings. The third-order valence-electron chi connectivity index (χ3n) is 4.15. The van der Waals surface area contributed by atoms with Crippen LogP contribution < -0.4 is 0 Å². The highest BCUT2D eigenvalue weighted by Gasteiger charge is 2.49. The summed E-state index contributed by atoms with van der Waals surface area (Å²) in [6.45, 7) is 1.06. The molecule has 2 aromatic carbocycles. The van der Waals surface area contributed by atoms with Crippen LogP contribution in [0.15, 0.2) is 59.6 Å². The molecule has 1 atom stereocenters. The molecule has 0 radical (unpaired) electrons. The number of rotatable bonds is 1. The van der Waals surface area contributed by atoms with Crippen molar-refractivity contribution in [1.82, 2.24) is 4.90 Å². The van der Waals surface area contributed by atoms with E-state index in [1.165, 1.54) is 0 Å². The number of nitrogens with zero attached hydrogens (tertiary/aromatic N) is 2. The van der Waals surface area contributed by atoms with Crippen molar-refractivity contribution in [1.29, 1.82) is 0 Å². The van der Waals surface area contributed by atoms with E-state index in [0.29, 0.717) is 30.1 Å². The lowest BCUT2D eigenvalue weighted by molar-refractivity contribution is 0.0759. The Hall–Kier alpha value is -2.46. The number of fused-ring (bicyclic) bond motifs is 2. The summed E-state index contributed by atoms with van der Waals surface area (Å²) in [6.07, 6.45) is 0. The molecule has 4 nitrogen and oxygen atoms in total. The second kappa shape index (κ2) is 4.27. The van der Waals surface area contributed by atoms with Gasteiger partial charge in [0.15, 0.2) is 5.60 Å². The van der Waals surface area contributed by atoms with Crippen molar-refractivity contribution < 1.29 is 9.90 Å². The third kappa shape index (κ3) is 1.53. The minimum atomic E-state index is -1.36. The van der Waals surface area contributed by atoms with Crippen molar-refractivity contribution in [3.8, 4) is 0 Å². The van der Waals surface area contributed by atoms with Gasteiger partial charge in [-0.1, -0.05) is 48.5 Å². The highest BCUT2D eigenvalue weighted by Crippen LogP contribution is 2.40. The molecule has 2 heterocycles. The fourth-order valence-corrected chi connectivity index (χ4v) is 3.17. The minimum absolute atomic E-state index is 0.0811. The van der Waals surface area contributed by atoms with Gasteiger partial charge >= 0.3 is 0 Å². The van der Waals surface area contributed by atoms with Gasteiger partial charge in [-0.15, -0.1) is 0 Å². The van der Waals surface area contributed by atoms with Gasteiger partial charge < -0.3 is 5.11 Å². The Bertz CT molecular complexity index is 754. The summed E-state index contributed by atoms with van der Waals surface area (Å²) in [5.74, 6) is 0.361. The summed E-state index contributed by atoms with van der Waals surface area (Å²) < 4.78 is 0. The maximum atomic E-state index is 12.6. The Kier molecular flexibility index (Phi) is 2.50. The molecule has 0 spiro atoms. The Labute approximate surface area is 122 Å². The van der Waals surface area contributed by atoms with Gasteiger partial charge in [-0.05, 0) is 11.6 Å². The van der Waals surface area contributed by atoms with Gasteiger partial charge in [0.1, 0.15) is 5.84 Å². The van der Waals surface area contributed by atoms with Crippen LogP contribution in [0.25, 0.3) is 0 Å². The Balaban J connectivity index is 2.04. The number of benzene rings is 2. The predicted octanol–water partition coefficient (Wildman–Crippen LogP) is 1.79. The number of carbonyl (C=O) groups excluding carboxylic acids is 1. The lowest BCUT2D eigenvalue weighted by atomic mass is 9.79. The normalized spacial score (nSPS) is 23.6. The molecule has 4 heteroatoms. The second-order valence-electron chi connectivity index (χ2n) is 5.28. The van der Waals surface area contributed by atoms with Crippen molar-refractivity contribution >= 4 is 11.7 Å². The zero-order valence-electron chi connectivity index (χ0n) is 11.4. The number of amides is 1. The molecule has 4 rings (SSSR count). The first-order valence-electron chi connectivity index (χ1n) is 6.97. The fraction of sp³-hybridized carbons (Fsp3) is 0.176. The molecule has 0 aliphatic carbocycles. The van der Waals surface area contributed by atoms with E-state index in [0.717, 1.165) is 5.56 Å². The van der Waals surface area contributed by atoms with Crippen LogP contribution in [0.5, 0.6) is 0 Å². The summed E-state index contributed by atoms with van der Waals surface area (Å²) >= 11 is 0. The Morgan fingerprint density at radius 2 is 1.76 bits per heavy atom. The molecule has 0 aromatic heterocycles. The highest BCUT2D eigenvalue weighted by molar-refractivity contribution is 6.16. The van der Waals surface area contributed by atoms with Crippen LogP contribution in [0.4, 0.5) is 0 Å². The molecule has 1 N–H and O–H groups in total. The first kappa shape index (κ1) is 12.3. The van der Waals surface area contributed by atoms with E-state index in [9.17, 15) is 9.90 Å². The maximum absolute atomic E-state index is 12.6. The van der Waals surface area contributed by atoms with Crippen LogP contribution in [0.1, 0.15) is 21.5 Å². The fourth-order valence-electron chi connectivity index (χ4n) is 3.17. The maximum Gasteiger partial charge on any atom is 0.259 e. The van der Waals surface area contributed by atoms with Crippen LogP contribution in [0, 0.1) is 0 Å². The summed E-state index contributed by atoms with van der Waals surface area (Å²) in [5, 5.41) is 11.5. The molecule has 104 valence electrons. The van der Waals surface area contributed by atoms with Crippen LogP contribution in [-0.4, -0.2) is 34.8 Å². The third-order valence-corrected chi connectivity index (χ3v) is 4.15. The zero-order chi connectivity index (χ0) is 14.4. The van der Waals surface area contributed by atoms with Crippen LogP contribution in [0.3, 0.4) is 0 Å². The first-order chi connectivity index (χ1) is 10.2. The number of hydrogen-bond donors (Lipinski definition) is 1. The van der Waals surface area contributed by atoms with E-state index in [-0.39, 0.29) is 5.91 Å². The molecule has 0 saturated heterocycles. The number of amidine groups is 1. The Morgan fingerprint density at radius 3 is 2.57 bits per heavy atom. The van der Waals surface area contributed by atoms with E-state index in [2.05, 4.69) is 4.99 Å². The van der Waals surface area contributed by atoms with Crippen LogP contribution in [-0.2, 0) is 5.60 Å². The van der Waals surface area contributed by atoms with E-state index in [1.807, 2.05) is 42.5 Å². The molecule has 2 aliphatic heterocycles. The average molecular weight is 278 g/mol. The molecule has 0 bridgehead atoms. The number of aliphatic hydroxyl groups is 1. The standard InChI is InChI=1S/C17H14N2O2/c20-15-13-8-4-5-9-14(13)17(21,12-6-2-1-3-7-12)16-18-10-11-19(15)16/h1-9,21H,10-11H2. The molecule has 1 unspecified atom stereocenters. The molecule has 2 aromatic rings. The van der Waals surface area contributed by atoms with Gasteiger partial charge in [0.25, 0.3) is 5.91 Å². The molecule has 21 heavy (non-hydrogen) atoms. The van der Waals surface area contributed by atoms with Crippen molar-refractivity contribution in [3.63, 3.8) is 0 Å². The molecular weight excluding hydrogens is 264 g/mol. The van der Waals surface area contributed by atoms with Crippen molar-refractivity contribution in [2.75, 3.05) is 13.1 Å². The lowest BCUT2D eigenvalue weighted by Gasteiger charge is -2.39.